The van der Waals surface area contributed by atoms with E-state index in [1.54, 1.807) is 6.33 Å². The predicted molar refractivity (Wildman–Crippen MR) is 84.9 cm³/mol. The largest absolute Gasteiger partial charge is 0.370 e. The highest BCUT2D eigenvalue weighted by atomic mass is 35.5. The third-order valence-corrected chi connectivity index (χ3v) is 3.15. The van der Waals surface area contributed by atoms with Crippen LogP contribution in [0.1, 0.15) is 25.8 Å². The molecule has 20 heavy (non-hydrogen) atoms. The lowest BCUT2D eigenvalue weighted by Crippen LogP contribution is -2.08. The Morgan fingerprint density at radius 2 is 1.75 bits per heavy atom. The molecule has 0 bridgehead atoms. The van der Waals surface area contributed by atoms with Crippen molar-refractivity contribution < 1.29 is 0 Å². The highest BCUT2D eigenvalue weighted by molar-refractivity contribution is 6.30. The second-order valence-electron chi connectivity index (χ2n) is 4.46. The van der Waals surface area contributed by atoms with Crippen LogP contribution in [0.3, 0.4) is 0 Å². The molecule has 0 radical (unpaired) electrons. The molecule has 0 aliphatic rings. The van der Waals surface area contributed by atoms with Gasteiger partial charge in [-0.05, 0) is 37.6 Å². The zero-order chi connectivity index (χ0) is 14.4. The molecular weight excluding hydrogens is 272 g/mol. The van der Waals surface area contributed by atoms with Crippen molar-refractivity contribution in [2.24, 2.45) is 0 Å². The number of benzene rings is 1. The third kappa shape index (κ3) is 3.61. The molecule has 0 saturated carbocycles. The van der Waals surface area contributed by atoms with Crippen molar-refractivity contribution in [1.82, 2.24) is 9.97 Å². The van der Waals surface area contributed by atoms with Gasteiger partial charge < -0.3 is 10.6 Å². The van der Waals surface area contributed by atoms with Crippen LogP contribution in [-0.2, 0) is 6.42 Å². The normalized spacial score (nSPS) is 10.3. The van der Waals surface area contributed by atoms with Crippen molar-refractivity contribution in [3.63, 3.8) is 0 Å². The van der Waals surface area contributed by atoms with Crippen molar-refractivity contribution in [2.75, 3.05) is 17.2 Å². The molecule has 0 saturated heterocycles. The molecule has 0 aliphatic carbocycles. The predicted octanol–water partition coefficient (Wildman–Crippen LogP) is 4.26. The van der Waals surface area contributed by atoms with Crippen molar-refractivity contribution in [2.45, 2.75) is 26.7 Å². The summed E-state index contributed by atoms with van der Waals surface area (Å²) in [6.07, 6.45) is 3.55. The Balaban J connectivity index is 2.29. The van der Waals surface area contributed by atoms with Gasteiger partial charge in [0, 0.05) is 22.8 Å². The van der Waals surface area contributed by atoms with E-state index >= 15 is 0 Å². The monoisotopic (exact) mass is 290 g/mol. The summed E-state index contributed by atoms with van der Waals surface area (Å²) in [7, 11) is 0. The molecule has 1 heterocycles. The molecule has 106 valence electrons. The Labute approximate surface area is 124 Å². The summed E-state index contributed by atoms with van der Waals surface area (Å²) in [6, 6.07) is 7.59. The summed E-state index contributed by atoms with van der Waals surface area (Å²) in [5, 5.41) is 7.34. The van der Waals surface area contributed by atoms with E-state index < -0.39 is 0 Å². The minimum absolute atomic E-state index is 0.723. The molecule has 2 aromatic rings. The highest BCUT2D eigenvalue weighted by Gasteiger charge is 2.10. The summed E-state index contributed by atoms with van der Waals surface area (Å²) in [5.74, 6) is 1.75. The molecule has 2 rings (SSSR count). The van der Waals surface area contributed by atoms with Crippen LogP contribution in [0.2, 0.25) is 5.02 Å². The topological polar surface area (TPSA) is 49.8 Å². The second kappa shape index (κ2) is 7.10. The minimum Gasteiger partial charge on any atom is -0.370 e. The number of nitrogens with one attached hydrogen (secondary N) is 2. The van der Waals surface area contributed by atoms with Crippen LogP contribution in [0.15, 0.2) is 30.6 Å². The van der Waals surface area contributed by atoms with E-state index in [-0.39, 0.29) is 0 Å². The van der Waals surface area contributed by atoms with Crippen molar-refractivity contribution in [3.05, 3.63) is 41.2 Å². The number of nitrogens with zero attached hydrogens (tertiary/aromatic N) is 2. The maximum absolute atomic E-state index is 5.90. The summed E-state index contributed by atoms with van der Waals surface area (Å²) in [6.45, 7) is 5.05. The standard InChI is InChI=1S/C15H19ClN4/c1-3-5-13-14(17-4-2)18-10-19-15(13)20-12-8-6-11(16)7-9-12/h6-10H,3-5H2,1-2H3,(H2,17,18,19,20). The van der Waals surface area contributed by atoms with Gasteiger partial charge in [0.25, 0.3) is 0 Å². The summed E-state index contributed by atoms with van der Waals surface area (Å²) in [5.41, 5.74) is 2.08. The fraction of sp³-hybridized carbons (Fsp3) is 0.333. The van der Waals surface area contributed by atoms with Gasteiger partial charge in [0.2, 0.25) is 0 Å². The molecular formula is C15H19ClN4. The summed E-state index contributed by atoms with van der Waals surface area (Å²) >= 11 is 5.90. The minimum atomic E-state index is 0.723. The first kappa shape index (κ1) is 14.6. The van der Waals surface area contributed by atoms with Gasteiger partial charge in [0.05, 0.1) is 0 Å². The van der Waals surface area contributed by atoms with E-state index in [2.05, 4.69) is 34.4 Å². The van der Waals surface area contributed by atoms with Gasteiger partial charge in [-0.15, -0.1) is 0 Å². The van der Waals surface area contributed by atoms with Gasteiger partial charge in [-0.2, -0.15) is 0 Å². The molecule has 0 amide bonds. The van der Waals surface area contributed by atoms with Gasteiger partial charge in [-0.25, -0.2) is 9.97 Å². The molecule has 1 aromatic heterocycles. The lowest BCUT2D eigenvalue weighted by molar-refractivity contribution is 0.902. The zero-order valence-electron chi connectivity index (χ0n) is 11.8. The van der Waals surface area contributed by atoms with E-state index in [9.17, 15) is 0 Å². The van der Waals surface area contributed by atoms with Crippen molar-refractivity contribution >= 4 is 28.9 Å². The van der Waals surface area contributed by atoms with Crippen molar-refractivity contribution in [3.8, 4) is 0 Å². The fourth-order valence-corrected chi connectivity index (χ4v) is 2.12. The fourth-order valence-electron chi connectivity index (χ4n) is 2.00. The molecule has 2 N–H and O–H groups in total. The van der Waals surface area contributed by atoms with Crippen LogP contribution in [0.25, 0.3) is 0 Å². The molecule has 0 aliphatic heterocycles. The first-order chi connectivity index (χ1) is 9.74. The number of rotatable bonds is 6. The van der Waals surface area contributed by atoms with Crippen LogP contribution < -0.4 is 10.6 Å². The summed E-state index contributed by atoms with van der Waals surface area (Å²) < 4.78 is 0. The Morgan fingerprint density at radius 3 is 2.40 bits per heavy atom. The number of hydrogen-bond donors (Lipinski definition) is 2. The molecule has 0 atom stereocenters. The Kier molecular flexibility index (Phi) is 5.18. The van der Waals surface area contributed by atoms with Gasteiger partial charge >= 0.3 is 0 Å². The van der Waals surface area contributed by atoms with Crippen LogP contribution >= 0.6 is 11.6 Å². The van der Waals surface area contributed by atoms with Crippen molar-refractivity contribution in [1.29, 1.82) is 0 Å². The maximum atomic E-state index is 5.90. The van der Waals surface area contributed by atoms with E-state index in [4.69, 9.17) is 11.6 Å². The van der Waals surface area contributed by atoms with Crippen LogP contribution in [0.5, 0.6) is 0 Å². The average Bonchev–Trinajstić information content (AvgIpc) is 2.45. The third-order valence-electron chi connectivity index (χ3n) is 2.90. The number of halogens is 1. The Hall–Kier alpha value is -1.81. The molecule has 1 aromatic carbocycles. The van der Waals surface area contributed by atoms with Crippen LogP contribution in [-0.4, -0.2) is 16.5 Å². The highest BCUT2D eigenvalue weighted by Crippen LogP contribution is 2.25. The number of anilines is 3. The van der Waals surface area contributed by atoms with Gasteiger partial charge in [0.15, 0.2) is 0 Å². The van der Waals surface area contributed by atoms with Gasteiger partial charge in [-0.1, -0.05) is 24.9 Å². The van der Waals surface area contributed by atoms with E-state index in [1.165, 1.54) is 0 Å². The molecule has 4 nitrogen and oxygen atoms in total. The first-order valence-corrected chi connectivity index (χ1v) is 7.22. The SMILES string of the molecule is CCCc1c(NCC)ncnc1Nc1ccc(Cl)cc1. The molecule has 0 unspecified atom stereocenters. The smallest absolute Gasteiger partial charge is 0.139 e. The molecule has 5 heteroatoms. The van der Waals surface area contributed by atoms with E-state index in [1.807, 2.05) is 24.3 Å². The Morgan fingerprint density at radius 1 is 1.05 bits per heavy atom. The number of hydrogen-bond acceptors (Lipinski definition) is 4. The van der Waals surface area contributed by atoms with Gasteiger partial charge in [0.1, 0.15) is 18.0 Å². The molecule has 0 fully saturated rings. The molecule has 0 spiro atoms. The maximum Gasteiger partial charge on any atom is 0.139 e. The van der Waals surface area contributed by atoms with Crippen LogP contribution in [0, 0.1) is 0 Å². The second-order valence-corrected chi connectivity index (χ2v) is 4.90. The lowest BCUT2D eigenvalue weighted by Gasteiger charge is -2.14. The Bertz CT molecular complexity index is 554. The van der Waals surface area contributed by atoms with Gasteiger partial charge in [-0.3, -0.25) is 0 Å². The number of aromatic nitrogens is 2. The quantitative estimate of drug-likeness (QED) is 0.835. The zero-order valence-corrected chi connectivity index (χ0v) is 12.5. The lowest BCUT2D eigenvalue weighted by atomic mass is 10.1. The van der Waals surface area contributed by atoms with E-state index in [0.29, 0.717) is 0 Å². The average molecular weight is 291 g/mol. The van der Waals surface area contributed by atoms with Crippen LogP contribution in [0.4, 0.5) is 17.3 Å². The first-order valence-electron chi connectivity index (χ1n) is 6.85. The summed E-state index contributed by atoms with van der Waals surface area (Å²) in [4.78, 5) is 8.68. The van der Waals surface area contributed by atoms with E-state index in [0.717, 1.165) is 47.3 Å².